The second kappa shape index (κ2) is 7.86. The molecule has 76 valence electrons. The Morgan fingerprint density at radius 2 is 2.00 bits per heavy atom. The standard InChI is InChI=1S/C8H10N2O4/c1-7(4-10-6-12)8(13)14-3-2-9-5-11/h7H,2-4H2,1H3. The topological polar surface area (TPSA) is 85.2 Å². The Bertz CT molecular complexity index is 277. The Morgan fingerprint density at radius 1 is 1.36 bits per heavy atom. The second-order valence-corrected chi connectivity index (χ2v) is 2.47. The van der Waals surface area contributed by atoms with Gasteiger partial charge in [-0.3, -0.25) is 4.79 Å². The molecule has 0 aliphatic heterocycles. The Hall–Kier alpha value is -1.77. The van der Waals surface area contributed by atoms with Gasteiger partial charge in [-0.1, -0.05) is 6.92 Å². The fourth-order valence-electron chi connectivity index (χ4n) is 0.629. The number of aliphatic imine (C=N–C) groups is 2. The van der Waals surface area contributed by atoms with Crippen molar-refractivity contribution < 1.29 is 19.1 Å². The molecular formula is C8H10N2O4. The highest BCUT2D eigenvalue weighted by molar-refractivity contribution is 5.72. The number of hydrogen-bond donors (Lipinski definition) is 0. The quantitative estimate of drug-likeness (QED) is 0.257. The van der Waals surface area contributed by atoms with Crippen LogP contribution in [-0.4, -0.2) is 37.8 Å². The maximum Gasteiger partial charge on any atom is 0.310 e. The summed E-state index contributed by atoms with van der Waals surface area (Å²) >= 11 is 0. The molecule has 0 spiro atoms. The average Bonchev–Trinajstić information content (AvgIpc) is 2.20. The van der Waals surface area contributed by atoms with Crippen molar-refractivity contribution in [3.05, 3.63) is 0 Å². The van der Waals surface area contributed by atoms with Gasteiger partial charge in [0.25, 0.3) is 0 Å². The summed E-state index contributed by atoms with van der Waals surface area (Å²) in [6.07, 6.45) is 2.65. The molecule has 0 bridgehead atoms. The molecule has 1 atom stereocenters. The van der Waals surface area contributed by atoms with Crippen LogP contribution >= 0.6 is 0 Å². The molecule has 0 saturated carbocycles. The van der Waals surface area contributed by atoms with Gasteiger partial charge < -0.3 is 4.74 Å². The molecule has 0 saturated heterocycles. The van der Waals surface area contributed by atoms with Crippen molar-refractivity contribution in [2.24, 2.45) is 15.9 Å². The van der Waals surface area contributed by atoms with E-state index in [1.54, 1.807) is 6.92 Å². The fourth-order valence-corrected chi connectivity index (χ4v) is 0.629. The van der Waals surface area contributed by atoms with E-state index >= 15 is 0 Å². The predicted molar refractivity (Wildman–Crippen MR) is 46.1 cm³/mol. The minimum Gasteiger partial charge on any atom is -0.463 e. The third kappa shape index (κ3) is 5.83. The highest BCUT2D eigenvalue weighted by Gasteiger charge is 2.13. The second-order valence-electron chi connectivity index (χ2n) is 2.47. The summed E-state index contributed by atoms with van der Waals surface area (Å²) < 4.78 is 4.70. The summed E-state index contributed by atoms with van der Waals surface area (Å²) in [6.45, 7) is 1.76. The van der Waals surface area contributed by atoms with E-state index in [0.717, 1.165) is 0 Å². The number of esters is 1. The van der Waals surface area contributed by atoms with E-state index in [9.17, 15) is 14.4 Å². The van der Waals surface area contributed by atoms with Crippen molar-refractivity contribution in [2.75, 3.05) is 19.7 Å². The molecule has 0 fully saturated rings. The van der Waals surface area contributed by atoms with E-state index in [1.807, 2.05) is 0 Å². The van der Waals surface area contributed by atoms with Gasteiger partial charge in [0.15, 0.2) is 0 Å². The summed E-state index contributed by atoms with van der Waals surface area (Å²) in [5.74, 6) is -0.971. The summed E-state index contributed by atoms with van der Waals surface area (Å²) in [4.78, 5) is 36.9. The van der Waals surface area contributed by atoms with Gasteiger partial charge in [0.05, 0.1) is 19.0 Å². The molecule has 0 rings (SSSR count). The van der Waals surface area contributed by atoms with Crippen LogP contribution in [0.5, 0.6) is 0 Å². The number of nitrogens with zero attached hydrogens (tertiary/aromatic N) is 2. The molecule has 0 aromatic heterocycles. The lowest BCUT2D eigenvalue weighted by Gasteiger charge is -2.06. The highest BCUT2D eigenvalue weighted by atomic mass is 16.5. The first-order valence-electron chi connectivity index (χ1n) is 3.96. The summed E-state index contributed by atoms with van der Waals surface area (Å²) in [6, 6.07) is 0. The molecule has 1 unspecified atom stereocenters. The molecular weight excluding hydrogens is 188 g/mol. The number of ether oxygens (including phenoxy) is 1. The van der Waals surface area contributed by atoms with Gasteiger partial charge >= 0.3 is 5.97 Å². The van der Waals surface area contributed by atoms with Gasteiger partial charge in [-0.05, 0) is 0 Å². The molecule has 0 heterocycles. The van der Waals surface area contributed by atoms with Crippen molar-refractivity contribution in [3.8, 4) is 0 Å². The van der Waals surface area contributed by atoms with Crippen LogP contribution in [0.25, 0.3) is 0 Å². The van der Waals surface area contributed by atoms with Crippen LogP contribution in [0.2, 0.25) is 0 Å². The molecule has 0 aromatic rings. The van der Waals surface area contributed by atoms with E-state index in [-0.39, 0.29) is 19.7 Å². The normalized spacial score (nSPS) is 10.6. The van der Waals surface area contributed by atoms with E-state index in [2.05, 4.69) is 9.98 Å². The lowest BCUT2D eigenvalue weighted by atomic mass is 10.2. The van der Waals surface area contributed by atoms with E-state index in [4.69, 9.17) is 4.74 Å². The van der Waals surface area contributed by atoms with Crippen molar-refractivity contribution in [1.29, 1.82) is 0 Å². The maximum absolute atomic E-state index is 11.1. The van der Waals surface area contributed by atoms with Gasteiger partial charge in [-0.25, -0.2) is 19.6 Å². The zero-order chi connectivity index (χ0) is 10.8. The average molecular weight is 198 g/mol. The van der Waals surface area contributed by atoms with Gasteiger partial charge in [0, 0.05) is 0 Å². The first-order valence-corrected chi connectivity index (χ1v) is 3.96. The monoisotopic (exact) mass is 198 g/mol. The number of hydrogen-bond acceptors (Lipinski definition) is 6. The van der Waals surface area contributed by atoms with E-state index in [0.29, 0.717) is 0 Å². The van der Waals surface area contributed by atoms with Crippen LogP contribution < -0.4 is 0 Å². The molecule has 0 amide bonds. The van der Waals surface area contributed by atoms with Crippen LogP contribution in [0.4, 0.5) is 0 Å². The maximum atomic E-state index is 11.1. The van der Waals surface area contributed by atoms with Crippen molar-refractivity contribution in [1.82, 2.24) is 0 Å². The molecule has 0 aliphatic rings. The molecule has 0 radical (unpaired) electrons. The van der Waals surface area contributed by atoms with Gasteiger partial charge in [-0.15, -0.1) is 0 Å². The van der Waals surface area contributed by atoms with Gasteiger partial charge in [0.2, 0.25) is 12.2 Å². The predicted octanol–water partition coefficient (Wildman–Crippen LogP) is -0.163. The molecule has 0 aromatic carbocycles. The van der Waals surface area contributed by atoms with Gasteiger partial charge in [0.1, 0.15) is 6.61 Å². The Morgan fingerprint density at radius 3 is 2.57 bits per heavy atom. The summed E-state index contributed by atoms with van der Waals surface area (Å²) in [5.41, 5.74) is 0. The smallest absolute Gasteiger partial charge is 0.310 e. The SMILES string of the molecule is CC(CN=C=O)C(=O)OCCN=C=O. The molecule has 0 aliphatic carbocycles. The lowest BCUT2D eigenvalue weighted by Crippen LogP contribution is -2.18. The lowest BCUT2D eigenvalue weighted by molar-refractivity contribution is -0.147. The number of carbonyl (C=O) groups excluding carboxylic acids is 3. The third-order valence-corrected chi connectivity index (χ3v) is 1.34. The van der Waals surface area contributed by atoms with Crippen molar-refractivity contribution in [3.63, 3.8) is 0 Å². The minimum absolute atomic E-state index is 0.0310. The summed E-state index contributed by atoms with van der Waals surface area (Å²) in [7, 11) is 0. The Labute approximate surface area is 80.7 Å². The van der Waals surface area contributed by atoms with Crippen LogP contribution in [0.3, 0.4) is 0 Å². The summed E-state index contributed by atoms with van der Waals surface area (Å²) in [5, 5.41) is 0. The molecule has 0 N–H and O–H groups in total. The number of isocyanates is 2. The van der Waals surface area contributed by atoms with Crippen LogP contribution in [0.15, 0.2) is 9.98 Å². The zero-order valence-electron chi connectivity index (χ0n) is 7.73. The Balaban J connectivity index is 3.71. The van der Waals surface area contributed by atoms with E-state index < -0.39 is 11.9 Å². The molecule has 6 nitrogen and oxygen atoms in total. The largest absolute Gasteiger partial charge is 0.463 e. The van der Waals surface area contributed by atoms with E-state index in [1.165, 1.54) is 12.2 Å². The fraction of sp³-hybridized carbons (Fsp3) is 0.625. The minimum atomic E-state index is -0.489. The molecule has 6 heteroatoms. The third-order valence-electron chi connectivity index (χ3n) is 1.34. The Kier molecular flexibility index (Phi) is 6.86. The van der Waals surface area contributed by atoms with Crippen LogP contribution in [0, 0.1) is 5.92 Å². The van der Waals surface area contributed by atoms with Crippen LogP contribution in [-0.2, 0) is 19.1 Å². The van der Waals surface area contributed by atoms with Crippen molar-refractivity contribution >= 4 is 18.1 Å². The number of carbonyl (C=O) groups is 1. The van der Waals surface area contributed by atoms with Crippen LogP contribution in [0.1, 0.15) is 6.92 Å². The zero-order valence-corrected chi connectivity index (χ0v) is 7.73. The molecule has 14 heavy (non-hydrogen) atoms. The van der Waals surface area contributed by atoms with Crippen molar-refractivity contribution in [2.45, 2.75) is 6.92 Å². The first-order chi connectivity index (χ1) is 6.72. The first kappa shape index (κ1) is 12.2. The van der Waals surface area contributed by atoms with Gasteiger partial charge in [-0.2, -0.15) is 0 Å². The highest BCUT2D eigenvalue weighted by Crippen LogP contribution is 1.98. The number of rotatable bonds is 6.